The summed E-state index contributed by atoms with van der Waals surface area (Å²) < 4.78 is 27.1. The molecule has 0 aromatic rings. The number of aliphatic hydroxyl groups is 1. The van der Waals surface area contributed by atoms with Crippen molar-refractivity contribution in [2.75, 3.05) is 26.2 Å². The van der Waals surface area contributed by atoms with E-state index in [1.54, 1.807) is 0 Å². The SMILES string of the molecule is CCCNS(=O)(=O)N1CCC(CO)C1. The summed E-state index contributed by atoms with van der Waals surface area (Å²) in [6.07, 6.45) is 1.54. The highest BCUT2D eigenvalue weighted by molar-refractivity contribution is 7.87. The third-order valence-electron chi connectivity index (χ3n) is 2.38. The third-order valence-corrected chi connectivity index (χ3v) is 3.96. The predicted octanol–water partition coefficient (Wildman–Crippen LogP) is -0.455. The number of hydrogen-bond donors (Lipinski definition) is 2. The smallest absolute Gasteiger partial charge is 0.279 e. The Hall–Kier alpha value is -0.170. The fraction of sp³-hybridized carbons (Fsp3) is 1.00. The third kappa shape index (κ3) is 2.91. The van der Waals surface area contributed by atoms with Crippen LogP contribution in [0, 0.1) is 5.92 Å². The number of hydrogen-bond acceptors (Lipinski definition) is 3. The Labute approximate surface area is 85.3 Å². The molecule has 84 valence electrons. The molecule has 1 rings (SSSR count). The van der Waals surface area contributed by atoms with Crippen molar-refractivity contribution >= 4 is 10.2 Å². The molecule has 1 aliphatic heterocycles. The standard InChI is InChI=1S/C8H18N2O3S/c1-2-4-9-14(12,13)10-5-3-8(6-10)7-11/h8-9,11H,2-7H2,1H3. The highest BCUT2D eigenvalue weighted by atomic mass is 32.2. The van der Waals surface area contributed by atoms with Gasteiger partial charge in [0, 0.05) is 26.2 Å². The second-order valence-electron chi connectivity index (χ2n) is 3.59. The van der Waals surface area contributed by atoms with Gasteiger partial charge in [-0.1, -0.05) is 6.92 Å². The van der Waals surface area contributed by atoms with E-state index in [9.17, 15) is 8.42 Å². The van der Waals surface area contributed by atoms with Crippen LogP contribution in [0.4, 0.5) is 0 Å². The molecule has 0 aromatic carbocycles. The summed E-state index contributed by atoms with van der Waals surface area (Å²) in [7, 11) is -3.29. The van der Waals surface area contributed by atoms with E-state index in [0.29, 0.717) is 19.6 Å². The number of aliphatic hydroxyl groups excluding tert-OH is 1. The maximum Gasteiger partial charge on any atom is 0.279 e. The molecule has 1 aliphatic rings. The second kappa shape index (κ2) is 5.06. The van der Waals surface area contributed by atoms with Crippen LogP contribution in [0.1, 0.15) is 19.8 Å². The van der Waals surface area contributed by atoms with E-state index in [1.165, 1.54) is 4.31 Å². The van der Waals surface area contributed by atoms with Crippen molar-refractivity contribution in [2.24, 2.45) is 5.92 Å². The summed E-state index contributed by atoms with van der Waals surface area (Å²) in [5.41, 5.74) is 0. The van der Waals surface area contributed by atoms with E-state index >= 15 is 0 Å². The molecule has 0 aliphatic carbocycles. The fourth-order valence-corrected chi connectivity index (χ4v) is 2.88. The molecule has 1 unspecified atom stereocenters. The summed E-state index contributed by atoms with van der Waals surface area (Å²) in [6.45, 7) is 3.42. The Morgan fingerprint density at radius 2 is 2.29 bits per heavy atom. The summed E-state index contributed by atoms with van der Waals surface area (Å²) in [6, 6.07) is 0. The largest absolute Gasteiger partial charge is 0.396 e. The molecule has 14 heavy (non-hydrogen) atoms. The summed E-state index contributed by atoms with van der Waals surface area (Å²) in [5, 5.41) is 8.88. The number of rotatable bonds is 5. The van der Waals surface area contributed by atoms with Gasteiger partial charge in [-0.15, -0.1) is 0 Å². The second-order valence-corrected chi connectivity index (χ2v) is 5.35. The first-order valence-corrected chi connectivity index (χ1v) is 6.39. The van der Waals surface area contributed by atoms with Gasteiger partial charge in [-0.25, -0.2) is 4.72 Å². The van der Waals surface area contributed by atoms with Gasteiger partial charge in [0.1, 0.15) is 0 Å². The molecule has 0 spiro atoms. The first kappa shape index (κ1) is 11.9. The molecule has 5 nitrogen and oxygen atoms in total. The average Bonchev–Trinajstić information content (AvgIpc) is 2.63. The van der Waals surface area contributed by atoms with Crippen molar-refractivity contribution in [2.45, 2.75) is 19.8 Å². The van der Waals surface area contributed by atoms with Gasteiger partial charge in [0.25, 0.3) is 10.2 Å². The van der Waals surface area contributed by atoms with Crippen molar-refractivity contribution in [1.82, 2.24) is 9.03 Å². The van der Waals surface area contributed by atoms with Crippen LogP contribution in [0.3, 0.4) is 0 Å². The molecule has 1 saturated heterocycles. The van der Waals surface area contributed by atoms with Gasteiger partial charge >= 0.3 is 0 Å². The molecule has 1 atom stereocenters. The average molecular weight is 222 g/mol. The maximum absolute atomic E-state index is 11.6. The van der Waals surface area contributed by atoms with E-state index in [0.717, 1.165) is 12.8 Å². The van der Waals surface area contributed by atoms with Crippen LogP contribution in [-0.2, 0) is 10.2 Å². The van der Waals surface area contributed by atoms with Gasteiger partial charge in [-0.3, -0.25) is 0 Å². The van der Waals surface area contributed by atoms with Crippen LogP contribution in [-0.4, -0.2) is 44.1 Å². The molecule has 2 N–H and O–H groups in total. The van der Waals surface area contributed by atoms with Gasteiger partial charge in [0.2, 0.25) is 0 Å². The Balaban J connectivity index is 2.49. The van der Waals surface area contributed by atoms with E-state index in [4.69, 9.17) is 5.11 Å². The number of nitrogens with one attached hydrogen (secondary N) is 1. The zero-order chi connectivity index (χ0) is 10.6. The zero-order valence-electron chi connectivity index (χ0n) is 8.44. The van der Waals surface area contributed by atoms with Crippen LogP contribution in [0.15, 0.2) is 0 Å². The molecule has 0 saturated carbocycles. The molecule has 1 fully saturated rings. The quantitative estimate of drug-likeness (QED) is 0.661. The van der Waals surface area contributed by atoms with Crippen LogP contribution < -0.4 is 4.72 Å². The van der Waals surface area contributed by atoms with Gasteiger partial charge in [-0.2, -0.15) is 12.7 Å². The summed E-state index contributed by atoms with van der Waals surface area (Å²) >= 11 is 0. The van der Waals surface area contributed by atoms with Gasteiger partial charge < -0.3 is 5.11 Å². The lowest BCUT2D eigenvalue weighted by molar-refractivity contribution is 0.233. The summed E-state index contributed by atoms with van der Waals surface area (Å²) in [4.78, 5) is 0. The van der Waals surface area contributed by atoms with Crippen molar-refractivity contribution < 1.29 is 13.5 Å². The Morgan fingerprint density at radius 3 is 2.79 bits per heavy atom. The molecular weight excluding hydrogens is 204 g/mol. The Bertz CT molecular complexity index is 266. The van der Waals surface area contributed by atoms with Crippen LogP contribution in [0.5, 0.6) is 0 Å². The highest BCUT2D eigenvalue weighted by Gasteiger charge is 2.30. The lowest BCUT2D eigenvalue weighted by Gasteiger charge is -2.16. The monoisotopic (exact) mass is 222 g/mol. The molecule has 0 radical (unpaired) electrons. The lowest BCUT2D eigenvalue weighted by Crippen LogP contribution is -2.39. The zero-order valence-corrected chi connectivity index (χ0v) is 9.26. The minimum Gasteiger partial charge on any atom is -0.396 e. The summed E-state index contributed by atoms with van der Waals surface area (Å²) in [5.74, 6) is 0.105. The van der Waals surface area contributed by atoms with Crippen LogP contribution >= 0.6 is 0 Å². The van der Waals surface area contributed by atoms with Gasteiger partial charge in [0.15, 0.2) is 0 Å². The van der Waals surface area contributed by atoms with Crippen molar-refractivity contribution in [3.05, 3.63) is 0 Å². The van der Waals surface area contributed by atoms with E-state index in [1.807, 2.05) is 6.92 Å². The van der Waals surface area contributed by atoms with E-state index < -0.39 is 10.2 Å². The fourth-order valence-electron chi connectivity index (χ4n) is 1.49. The van der Waals surface area contributed by atoms with E-state index in [-0.39, 0.29) is 12.5 Å². The number of nitrogens with zero attached hydrogens (tertiary/aromatic N) is 1. The highest BCUT2D eigenvalue weighted by Crippen LogP contribution is 2.17. The predicted molar refractivity (Wildman–Crippen MR) is 54.0 cm³/mol. The Kier molecular flexibility index (Phi) is 4.31. The van der Waals surface area contributed by atoms with Crippen molar-refractivity contribution in [3.63, 3.8) is 0 Å². The normalized spacial score (nSPS) is 24.3. The minimum absolute atomic E-state index is 0.0692. The van der Waals surface area contributed by atoms with Crippen molar-refractivity contribution in [1.29, 1.82) is 0 Å². The van der Waals surface area contributed by atoms with E-state index in [2.05, 4.69) is 4.72 Å². The lowest BCUT2D eigenvalue weighted by atomic mass is 10.1. The molecule has 6 heteroatoms. The van der Waals surface area contributed by atoms with Crippen LogP contribution in [0.2, 0.25) is 0 Å². The maximum atomic E-state index is 11.6. The molecular formula is C8H18N2O3S. The molecule has 0 amide bonds. The van der Waals surface area contributed by atoms with Gasteiger partial charge in [0.05, 0.1) is 0 Å². The van der Waals surface area contributed by atoms with Gasteiger partial charge in [-0.05, 0) is 18.8 Å². The van der Waals surface area contributed by atoms with Crippen molar-refractivity contribution in [3.8, 4) is 0 Å². The first-order valence-electron chi connectivity index (χ1n) is 4.95. The molecule has 0 aromatic heterocycles. The Morgan fingerprint density at radius 1 is 1.57 bits per heavy atom. The first-order chi connectivity index (χ1) is 6.60. The topological polar surface area (TPSA) is 69.6 Å². The molecule has 1 heterocycles. The minimum atomic E-state index is -3.29. The van der Waals surface area contributed by atoms with Crippen LogP contribution in [0.25, 0.3) is 0 Å². The molecule has 0 bridgehead atoms.